The summed E-state index contributed by atoms with van der Waals surface area (Å²) in [6, 6.07) is 6.90. The van der Waals surface area contributed by atoms with Crippen molar-refractivity contribution in [2.24, 2.45) is 16.8 Å². The number of halogens is 2. The van der Waals surface area contributed by atoms with Crippen molar-refractivity contribution in [2.45, 2.75) is 51.2 Å². The fraction of sp³-hybridized carbons (Fsp3) is 0.588. The summed E-state index contributed by atoms with van der Waals surface area (Å²) in [7, 11) is 0. The number of benzene rings is 1. The third kappa shape index (κ3) is 3.29. The molecule has 2 N–H and O–H groups in total. The third-order valence-electron chi connectivity index (χ3n) is 4.66. The van der Waals surface area contributed by atoms with Crippen LogP contribution in [0.25, 0.3) is 0 Å². The van der Waals surface area contributed by atoms with Crippen LogP contribution in [0.15, 0.2) is 29.3 Å². The number of anilines is 1. The number of alkyl halides is 2. The quantitative estimate of drug-likeness (QED) is 0.767. The van der Waals surface area contributed by atoms with Crippen molar-refractivity contribution < 1.29 is 13.9 Å². The zero-order valence-electron chi connectivity index (χ0n) is 12.7. The van der Waals surface area contributed by atoms with Gasteiger partial charge in [-0.05, 0) is 36.8 Å². The third-order valence-corrected chi connectivity index (χ3v) is 4.66. The summed E-state index contributed by atoms with van der Waals surface area (Å²) < 4.78 is 28.7. The first kappa shape index (κ1) is 15.4. The summed E-state index contributed by atoms with van der Waals surface area (Å²) in [5.41, 5.74) is 0.567. The second-order valence-electron chi connectivity index (χ2n) is 6.48. The van der Waals surface area contributed by atoms with Crippen LogP contribution in [-0.2, 0) is 0 Å². The van der Waals surface area contributed by atoms with E-state index in [0.717, 1.165) is 24.7 Å². The molecule has 3 unspecified atom stereocenters. The summed E-state index contributed by atoms with van der Waals surface area (Å²) in [4.78, 5) is 3.99. The van der Waals surface area contributed by atoms with Gasteiger partial charge in [0.2, 0.25) is 0 Å². The Morgan fingerprint density at radius 2 is 2.05 bits per heavy atom. The van der Waals surface area contributed by atoms with Crippen molar-refractivity contribution in [1.82, 2.24) is 0 Å². The summed E-state index contributed by atoms with van der Waals surface area (Å²) in [6.07, 6.45) is 1.87. The van der Waals surface area contributed by atoms with Crippen molar-refractivity contribution in [3.05, 3.63) is 24.3 Å². The molecule has 1 aliphatic heterocycles. The maximum atomic E-state index is 14.3. The van der Waals surface area contributed by atoms with Crippen molar-refractivity contribution in [3.63, 3.8) is 0 Å². The highest BCUT2D eigenvalue weighted by Crippen LogP contribution is 2.42. The van der Waals surface area contributed by atoms with E-state index in [2.05, 4.69) is 17.2 Å². The van der Waals surface area contributed by atoms with E-state index in [1.54, 1.807) is 24.3 Å². The maximum Gasteiger partial charge on any atom is 0.290 e. The van der Waals surface area contributed by atoms with Gasteiger partial charge in [0.1, 0.15) is 5.71 Å². The lowest BCUT2D eigenvalue weighted by molar-refractivity contribution is 0.0530. The van der Waals surface area contributed by atoms with E-state index >= 15 is 0 Å². The SMILES string of the molecule is CC1CC1CCCCC(F)(F)C1=Nc2ccccc2NC1O. The number of fused-ring (bicyclic) bond motifs is 1. The molecule has 5 heteroatoms. The second kappa shape index (κ2) is 5.95. The van der Waals surface area contributed by atoms with Crippen LogP contribution < -0.4 is 5.32 Å². The van der Waals surface area contributed by atoms with Crippen molar-refractivity contribution in [2.75, 3.05) is 5.32 Å². The molecule has 0 amide bonds. The van der Waals surface area contributed by atoms with Crippen LogP contribution in [0.5, 0.6) is 0 Å². The number of nitrogens with one attached hydrogen (secondary N) is 1. The Kier molecular flexibility index (Phi) is 4.17. The zero-order chi connectivity index (χ0) is 15.7. The molecule has 1 aliphatic carbocycles. The Labute approximate surface area is 129 Å². The normalized spacial score (nSPS) is 26.9. The lowest BCUT2D eigenvalue weighted by Crippen LogP contribution is -2.43. The fourth-order valence-electron chi connectivity index (χ4n) is 3.06. The molecular weight excluding hydrogens is 286 g/mol. The van der Waals surface area contributed by atoms with E-state index in [4.69, 9.17) is 0 Å². The predicted molar refractivity (Wildman–Crippen MR) is 83.9 cm³/mol. The molecule has 120 valence electrons. The number of aliphatic imine (C=N–C) groups is 1. The highest BCUT2D eigenvalue weighted by atomic mass is 19.3. The summed E-state index contributed by atoms with van der Waals surface area (Å²) in [6.45, 7) is 2.20. The minimum Gasteiger partial charge on any atom is -0.368 e. The number of nitrogens with zero attached hydrogens (tertiary/aromatic N) is 1. The Hall–Kier alpha value is -1.49. The van der Waals surface area contributed by atoms with E-state index < -0.39 is 17.9 Å². The summed E-state index contributed by atoms with van der Waals surface area (Å²) >= 11 is 0. The van der Waals surface area contributed by atoms with Gasteiger partial charge in [-0.3, -0.25) is 0 Å². The number of rotatable bonds is 6. The number of aliphatic hydroxyl groups is 1. The fourth-order valence-corrected chi connectivity index (χ4v) is 3.06. The molecule has 22 heavy (non-hydrogen) atoms. The average Bonchev–Trinajstić information content (AvgIpc) is 3.18. The maximum absolute atomic E-state index is 14.3. The number of hydrogen-bond acceptors (Lipinski definition) is 3. The number of hydrogen-bond donors (Lipinski definition) is 2. The first-order chi connectivity index (χ1) is 10.5. The van der Waals surface area contributed by atoms with Crippen LogP contribution >= 0.6 is 0 Å². The van der Waals surface area contributed by atoms with Crippen molar-refractivity contribution in [3.8, 4) is 0 Å². The predicted octanol–water partition coefficient (Wildman–Crippen LogP) is 4.35. The minimum atomic E-state index is -3.07. The Morgan fingerprint density at radius 1 is 1.32 bits per heavy atom. The van der Waals surface area contributed by atoms with E-state index in [-0.39, 0.29) is 6.42 Å². The van der Waals surface area contributed by atoms with Gasteiger partial charge in [0.15, 0.2) is 6.23 Å². The van der Waals surface area contributed by atoms with Crippen molar-refractivity contribution >= 4 is 17.1 Å². The molecule has 0 spiro atoms. The van der Waals surface area contributed by atoms with Crippen LogP contribution in [-0.4, -0.2) is 23.0 Å². The van der Waals surface area contributed by atoms with Crippen LogP contribution in [0, 0.1) is 11.8 Å². The lowest BCUT2D eigenvalue weighted by Gasteiger charge is -2.28. The molecule has 3 rings (SSSR count). The van der Waals surface area contributed by atoms with E-state index in [0.29, 0.717) is 17.8 Å². The zero-order valence-corrected chi connectivity index (χ0v) is 12.7. The molecule has 1 aromatic carbocycles. The highest BCUT2D eigenvalue weighted by molar-refractivity contribution is 6.01. The van der Waals surface area contributed by atoms with Gasteiger partial charge in [-0.2, -0.15) is 8.78 Å². The Morgan fingerprint density at radius 3 is 2.77 bits per heavy atom. The number of aliphatic hydroxyl groups excluding tert-OH is 1. The molecule has 3 nitrogen and oxygen atoms in total. The molecule has 0 bridgehead atoms. The molecule has 1 heterocycles. The highest BCUT2D eigenvalue weighted by Gasteiger charge is 2.41. The van der Waals surface area contributed by atoms with E-state index in [1.165, 1.54) is 6.42 Å². The number of unbranched alkanes of at least 4 members (excludes halogenated alkanes) is 1. The monoisotopic (exact) mass is 308 g/mol. The molecule has 0 radical (unpaired) electrons. The topological polar surface area (TPSA) is 44.6 Å². The molecule has 1 fully saturated rings. The lowest BCUT2D eigenvalue weighted by atomic mass is 10.0. The second-order valence-corrected chi connectivity index (χ2v) is 6.48. The first-order valence-corrected chi connectivity index (χ1v) is 7.98. The molecule has 2 aliphatic rings. The Balaban J connectivity index is 1.62. The first-order valence-electron chi connectivity index (χ1n) is 7.98. The molecule has 3 atom stereocenters. The van der Waals surface area contributed by atoms with Gasteiger partial charge < -0.3 is 10.4 Å². The van der Waals surface area contributed by atoms with Crippen molar-refractivity contribution in [1.29, 1.82) is 0 Å². The largest absolute Gasteiger partial charge is 0.368 e. The van der Waals surface area contributed by atoms with Gasteiger partial charge in [0.25, 0.3) is 5.92 Å². The molecule has 0 saturated heterocycles. The summed E-state index contributed by atoms with van der Waals surface area (Å²) in [5, 5.41) is 12.6. The minimum absolute atomic E-state index is 0.256. The average molecular weight is 308 g/mol. The van der Waals surface area contributed by atoms with Crippen LogP contribution in [0.1, 0.15) is 39.0 Å². The molecule has 1 aromatic rings. The van der Waals surface area contributed by atoms with Gasteiger partial charge in [0, 0.05) is 6.42 Å². The van der Waals surface area contributed by atoms with Gasteiger partial charge in [-0.15, -0.1) is 0 Å². The van der Waals surface area contributed by atoms with Crippen LogP contribution in [0.2, 0.25) is 0 Å². The summed E-state index contributed by atoms with van der Waals surface area (Å²) in [5.74, 6) is -1.57. The molecular formula is C17H22F2N2O. The van der Waals surface area contributed by atoms with E-state index in [9.17, 15) is 13.9 Å². The van der Waals surface area contributed by atoms with Gasteiger partial charge in [0.05, 0.1) is 11.4 Å². The van der Waals surface area contributed by atoms with Crippen LogP contribution in [0.4, 0.5) is 20.2 Å². The molecule has 0 aromatic heterocycles. The van der Waals surface area contributed by atoms with E-state index in [1.807, 2.05) is 0 Å². The van der Waals surface area contributed by atoms with Gasteiger partial charge >= 0.3 is 0 Å². The molecule has 1 saturated carbocycles. The van der Waals surface area contributed by atoms with Crippen LogP contribution in [0.3, 0.4) is 0 Å². The number of para-hydroxylation sites is 2. The smallest absolute Gasteiger partial charge is 0.290 e. The Bertz CT molecular complexity index is 574. The van der Waals surface area contributed by atoms with Gasteiger partial charge in [-0.25, -0.2) is 4.99 Å². The standard InChI is InChI=1S/C17H22F2N2O/c1-11-10-12(11)6-4-5-9-17(18,19)15-16(22)21-14-8-3-2-7-13(14)20-15/h2-3,7-8,11-12,16,21-22H,4-6,9-10H2,1H3. The van der Waals surface area contributed by atoms with Gasteiger partial charge in [-0.1, -0.05) is 31.9 Å².